The largest absolute Gasteiger partial charge is 0.481 e. The van der Waals surface area contributed by atoms with Crippen molar-refractivity contribution in [2.24, 2.45) is 23.7 Å². The Morgan fingerprint density at radius 2 is 1.58 bits per heavy atom. The molecule has 134 valence electrons. The number of Topliss-reactive ketones (excluding diaryl/α,β-unsaturated/α-hetero) is 1. The Bertz CT molecular complexity index is 875. The molecule has 3 nitrogen and oxygen atoms in total. The number of carboxylic acids is 1. The monoisotopic (exact) mass is 356 g/mol. The van der Waals surface area contributed by atoms with Gasteiger partial charge >= 0.3 is 5.97 Å². The SMILES string of the molecule is O=C(O)[C@@H]1[C@H]2CC[C@@H](C2)[C@@H]1C(=O)c1ccc(-c2ccc(F)cc2F)cc1. The fourth-order valence-corrected chi connectivity index (χ4v) is 4.75. The Hall–Kier alpha value is -2.56. The molecule has 0 aliphatic heterocycles. The van der Waals surface area contributed by atoms with Crippen molar-refractivity contribution in [1.29, 1.82) is 0 Å². The highest BCUT2D eigenvalue weighted by Crippen LogP contribution is 2.53. The van der Waals surface area contributed by atoms with Crippen molar-refractivity contribution in [3.63, 3.8) is 0 Å². The normalized spacial score (nSPS) is 26.8. The molecule has 26 heavy (non-hydrogen) atoms. The van der Waals surface area contributed by atoms with E-state index in [-0.39, 0.29) is 23.2 Å². The minimum Gasteiger partial charge on any atom is -0.481 e. The number of carboxylic acid groups (broad SMARTS) is 1. The van der Waals surface area contributed by atoms with Gasteiger partial charge in [-0.1, -0.05) is 24.3 Å². The number of hydrogen-bond acceptors (Lipinski definition) is 2. The Kier molecular flexibility index (Phi) is 4.10. The molecule has 4 rings (SSSR count). The average Bonchev–Trinajstić information content (AvgIpc) is 3.22. The summed E-state index contributed by atoms with van der Waals surface area (Å²) in [5, 5.41) is 9.52. The summed E-state index contributed by atoms with van der Waals surface area (Å²) in [6.07, 6.45) is 2.60. The molecule has 2 aromatic rings. The van der Waals surface area contributed by atoms with Crippen molar-refractivity contribution in [1.82, 2.24) is 0 Å². The smallest absolute Gasteiger partial charge is 0.307 e. The van der Waals surface area contributed by atoms with Crippen LogP contribution in [0.5, 0.6) is 0 Å². The number of fused-ring (bicyclic) bond motifs is 2. The maximum Gasteiger partial charge on any atom is 0.307 e. The molecule has 0 radical (unpaired) electrons. The zero-order chi connectivity index (χ0) is 18.4. The van der Waals surface area contributed by atoms with Crippen molar-refractivity contribution in [2.75, 3.05) is 0 Å². The highest BCUT2D eigenvalue weighted by atomic mass is 19.1. The van der Waals surface area contributed by atoms with Gasteiger partial charge in [0.05, 0.1) is 5.92 Å². The fraction of sp³-hybridized carbons (Fsp3) is 0.333. The van der Waals surface area contributed by atoms with E-state index in [0.717, 1.165) is 25.3 Å². The van der Waals surface area contributed by atoms with Gasteiger partial charge in [0.15, 0.2) is 5.78 Å². The molecule has 2 aromatic carbocycles. The summed E-state index contributed by atoms with van der Waals surface area (Å²) in [5.74, 6) is -3.18. The second kappa shape index (κ2) is 6.31. The maximum atomic E-state index is 13.9. The summed E-state index contributed by atoms with van der Waals surface area (Å²) in [6.45, 7) is 0. The second-order valence-corrected chi connectivity index (χ2v) is 7.29. The minimum absolute atomic E-state index is 0.0963. The first-order chi connectivity index (χ1) is 12.5. The van der Waals surface area contributed by atoms with E-state index in [0.29, 0.717) is 11.1 Å². The lowest BCUT2D eigenvalue weighted by atomic mass is 9.75. The fourth-order valence-electron chi connectivity index (χ4n) is 4.75. The van der Waals surface area contributed by atoms with Crippen molar-refractivity contribution in [2.45, 2.75) is 19.3 Å². The lowest BCUT2D eigenvalue weighted by Gasteiger charge is -2.27. The summed E-state index contributed by atoms with van der Waals surface area (Å²) < 4.78 is 27.0. The summed E-state index contributed by atoms with van der Waals surface area (Å²) in [4.78, 5) is 24.5. The van der Waals surface area contributed by atoms with Crippen LogP contribution in [0.2, 0.25) is 0 Å². The van der Waals surface area contributed by atoms with Crippen molar-refractivity contribution < 1.29 is 23.5 Å². The molecule has 2 aliphatic carbocycles. The van der Waals surface area contributed by atoms with Gasteiger partial charge in [0.1, 0.15) is 11.6 Å². The first-order valence-electron chi connectivity index (χ1n) is 8.78. The number of ketones is 1. The quantitative estimate of drug-likeness (QED) is 0.817. The van der Waals surface area contributed by atoms with Gasteiger partial charge in [-0.3, -0.25) is 9.59 Å². The van der Waals surface area contributed by atoms with Crippen LogP contribution in [0.4, 0.5) is 8.78 Å². The molecule has 0 spiro atoms. The number of halogens is 2. The molecule has 2 aliphatic rings. The van der Waals surface area contributed by atoms with Gasteiger partial charge in [0.25, 0.3) is 0 Å². The van der Waals surface area contributed by atoms with Crippen LogP contribution in [0.25, 0.3) is 11.1 Å². The highest BCUT2D eigenvalue weighted by molar-refractivity contribution is 6.01. The predicted molar refractivity (Wildman–Crippen MR) is 91.6 cm³/mol. The standard InChI is InChI=1S/C21H18F2O3/c22-15-7-8-16(17(23)10-15)11-1-3-12(4-2-11)20(24)18-13-5-6-14(9-13)19(18)21(25)26/h1-4,7-8,10,13-14,18-19H,5-6,9H2,(H,25,26)/t13-,14-,18-,19+/m0/s1. The van der Waals surface area contributed by atoms with Gasteiger partial charge in [-0.15, -0.1) is 0 Å². The zero-order valence-electron chi connectivity index (χ0n) is 14.0. The Morgan fingerprint density at radius 3 is 2.19 bits per heavy atom. The van der Waals surface area contributed by atoms with Crippen LogP contribution < -0.4 is 0 Å². The molecular weight excluding hydrogens is 338 g/mol. The van der Waals surface area contributed by atoms with Gasteiger partial charge in [0, 0.05) is 23.1 Å². The Morgan fingerprint density at radius 1 is 0.923 bits per heavy atom. The zero-order valence-corrected chi connectivity index (χ0v) is 14.0. The van der Waals surface area contributed by atoms with Crippen LogP contribution in [-0.4, -0.2) is 16.9 Å². The van der Waals surface area contributed by atoms with Crippen LogP contribution >= 0.6 is 0 Å². The topological polar surface area (TPSA) is 54.4 Å². The number of carbonyl (C=O) groups is 2. The molecule has 5 heteroatoms. The summed E-state index contributed by atoms with van der Waals surface area (Å²) in [6, 6.07) is 9.80. The predicted octanol–water partition coefficient (Wildman–Crippen LogP) is 4.56. The maximum absolute atomic E-state index is 13.9. The van der Waals surface area contributed by atoms with Gasteiger partial charge < -0.3 is 5.11 Å². The first kappa shape index (κ1) is 16.9. The number of benzene rings is 2. The lowest BCUT2D eigenvalue weighted by Crippen LogP contribution is -2.34. The lowest BCUT2D eigenvalue weighted by molar-refractivity contribution is -0.144. The van der Waals surface area contributed by atoms with Crippen molar-refractivity contribution in [3.05, 3.63) is 59.7 Å². The number of rotatable bonds is 4. The van der Waals surface area contributed by atoms with Crippen LogP contribution in [-0.2, 0) is 4.79 Å². The summed E-state index contributed by atoms with van der Waals surface area (Å²) >= 11 is 0. The molecule has 2 saturated carbocycles. The van der Waals surface area contributed by atoms with Crippen LogP contribution in [0.15, 0.2) is 42.5 Å². The molecule has 0 saturated heterocycles. The van der Waals surface area contributed by atoms with Crippen LogP contribution in [0, 0.1) is 35.3 Å². The van der Waals surface area contributed by atoms with E-state index in [1.807, 2.05) is 0 Å². The van der Waals surface area contributed by atoms with Gasteiger partial charge in [0.2, 0.25) is 0 Å². The molecule has 2 fully saturated rings. The molecule has 2 bridgehead atoms. The molecule has 0 aromatic heterocycles. The van der Waals surface area contributed by atoms with E-state index < -0.39 is 29.4 Å². The van der Waals surface area contributed by atoms with Gasteiger partial charge in [-0.05, 0) is 48.8 Å². The summed E-state index contributed by atoms with van der Waals surface area (Å²) in [7, 11) is 0. The average molecular weight is 356 g/mol. The molecule has 1 N–H and O–H groups in total. The van der Waals surface area contributed by atoms with Crippen LogP contribution in [0.3, 0.4) is 0 Å². The molecule has 4 atom stereocenters. The third kappa shape index (κ3) is 2.71. The minimum atomic E-state index is -0.888. The number of aliphatic carboxylic acids is 1. The third-order valence-electron chi connectivity index (χ3n) is 5.92. The Labute approximate surface area is 149 Å². The van der Waals surface area contributed by atoms with Crippen molar-refractivity contribution >= 4 is 11.8 Å². The van der Waals surface area contributed by atoms with E-state index in [1.54, 1.807) is 24.3 Å². The Balaban J connectivity index is 1.61. The van der Waals surface area contributed by atoms with E-state index in [9.17, 15) is 23.5 Å². The van der Waals surface area contributed by atoms with E-state index >= 15 is 0 Å². The third-order valence-corrected chi connectivity index (χ3v) is 5.92. The number of carbonyl (C=O) groups excluding carboxylic acids is 1. The molecule has 0 heterocycles. The van der Waals surface area contributed by atoms with Gasteiger partial charge in [-0.2, -0.15) is 0 Å². The highest BCUT2D eigenvalue weighted by Gasteiger charge is 2.53. The molecule has 0 unspecified atom stereocenters. The van der Waals surface area contributed by atoms with Crippen LogP contribution in [0.1, 0.15) is 29.6 Å². The van der Waals surface area contributed by atoms with Crippen molar-refractivity contribution in [3.8, 4) is 11.1 Å². The van der Waals surface area contributed by atoms with E-state index in [2.05, 4.69) is 0 Å². The van der Waals surface area contributed by atoms with Gasteiger partial charge in [-0.25, -0.2) is 8.78 Å². The first-order valence-corrected chi connectivity index (χ1v) is 8.78. The second-order valence-electron chi connectivity index (χ2n) is 7.29. The van der Waals surface area contributed by atoms with E-state index in [1.165, 1.54) is 12.1 Å². The summed E-state index contributed by atoms with van der Waals surface area (Å²) in [5.41, 5.74) is 1.25. The molecule has 0 amide bonds. The molecular formula is C21H18F2O3. The van der Waals surface area contributed by atoms with E-state index in [4.69, 9.17) is 0 Å². The number of hydrogen-bond donors (Lipinski definition) is 1.